The average molecular weight is 322 g/mol. The molecular weight excluding hydrogens is 310 g/mol. The van der Waals surface area contributed by atoms with Gasteiger partial charge in [-0.2, -0.15) is 5.26 Å². The standard InChI is InChI=1S/C14H12ClN3O2S/c1-9-5-12(14(15)17-8-9)18-21(19,20)13-6-11(7-16)4-3-10(13)2/h3-6,8,18H,1-2H3. The van der Waals surface area contributed by atoms with Gasteiger partial charge in [0.25, 0.3) is 10.0 Å². The lowest BCUT2D eigenvalue weighted by molar-refractivity contribution is 0.600. The fourth-order valence-electron chi connectivity index (χ4n) is 1.78. The highest BCUT2D eigenvalue weighted by atomic mass is 35.5. The Bertz CT molecular complexity index is 842. The number of hydrogen-bond acceptors (Lipinski definition) is 4. The number of pyridine rings is 1. The number of rotatable bonds is 3. The van der Waals surface area contributed by atoms with Crippen LogP contribution in [-0.2, 0) is 10.0 Å². The Hall–Kier alpha value is -2.10. The molecule has 0 amide bonds. The SMILES string of the molecule is Cc1cnc(Cl)c(NS(=O)(=O)c2cc(C#N)ccc2C)c1. The van der Waals surface area contributed by atoms with Crippen LogP contribution in [0.5, 0.6) is 0 Å². The van der Waals surface area contributed by atoms with Crippen molar-refractivity contribution in [2.45, 2.75) is 18.7 Å². The van der Waals surface area contributed by atoms with Gasteiger partial charge in [-0.1, -0.05) is 17.7 Å². The van der Waals surface area contributed by atoms with Crippen LogP contribution in [-0.4, -0.2) is 13.4 Å². The number of anilines is 1. The molecule has 0 aliphatic rings. The Labute approximate surface area is 128 Å². The molecule has 5 nitrogen and oxygen atoms in total. The molecule has 21 heavy (non-hydrogen) atoms. The monoisotopic (exact) mass is 321 g/mol. The van der Waals surface area contributed by atoms with Crippen molar-refractivity contribution in [2.75, 3.05) is 4.72 Å². The van der Waals surface area contributed by atoms with Crippen LogP contribution in [0.1, 0.15) is 16.7 Å². The summed E-state index contributed by atoms with van der Waals surface area (Å²) < 4.78 is 27.3. The molecule has 0 saturated carbocycles. The number of aromatic nitrogens is 1. The van der Waals surface area contributed by atoms with Crippen LogP contribution in [0, 0.1) is 25.2 Å². The van der Waals surface area contributed by atoms with Crippen molar-refractivity contribution in [1.29, 1.82) is 5.26 Å². The van der Waals surface area contributed by atoms with E-state index in [1.165, 1.54) is 6.07 Å². The molecule has 0 aliphatic carbocycles. The fourth-order valence-corrected chi connectivity index (χ4v) is 3.32. The molecule has 1 N–H and O–H groups in total. The van der Waals surface area contributed by atoms with Crippen LogP contribution in [0.4, 0.5) is 5.69 Å². The van der Waals surface area contributed by atoms with Crippen LogP contribution in [0.3, 0.4) is 0 Å². The Morgan fingerprint density at radius 2 is 2.00 bits per heavy atom. The van der Waals surface area contributed by atoms with Gasteiger partial charge < -0.3 is 0 Å². The summed E-state index contributed by atoms with van der Waals surface area (Å²) in [6.07, 6.45) is 1.54. The van der Waals surface area contributed by atoms with Gasteiger partial charge in [0.15, 0.2) is 5.15 Å². The van der Waals surface area contributed by atoms with E-state index in [1.54, 1.807) is 38.2 Å². The molecular formula is C14H12ClN3O2S. The zero-order valence-corrected chi connectivity index (χ0v) is 13.0. The summed E-state index contributed by atoms with van der Waals surface area (Å²) in [6.45, 7) is 3.44. The van der Waals surface area contributed by atoms with E-state index in [9.17, 15) is 8.42 Å². The first-order valence-electron chi connectivity index (χ1n) is 5.99. The summed E-state index contributed by atoms with van der Waals surface area (Å²) in [5.41, 5.74) is 1.80. The molecule has 108 valence electrons. The van der Waals surface area contributed by atoms with Crippen LogP contribution in [0.2, 0.25) is 5.15 Å². The summed E-state index contributed by atoms with van der Waals surface area (Å²) in [5.74, 6) is 0. The highest BCUT2D eigenvalue weighted by Crippen LogP contribution is 2.25. The molecule has 1 aromatic carbocycles. The number of benzene rings is 1. The normalized spacial score (nSPS) is 11.0. The van der Waals surface area contributed by atoms with E-state index in [2.05, 4.69) is 9.71 Å². The van der Waals surface area contributed by atoms with E-state index >= 15 is 0 Å². The van der Waals surface area contributed by atoms with Crippen molar-refractivity contribution in [3.05, 3.63) is 52.3 Å². The molecule has 1 heterocycles. The number of nitriles is 1. The second-order valence-corrected chi connectivity index (χ2v) is 6.56. The number of hydrogen-bond donors (Lipinski definition) is 1. The molecule has 0 unspecified atom stereocenters. The van der Waals surface area contributed by atoms with Gasteiger partial charge in [0.1, 0.15) is 0 Å². The van der Waals surface area contributed by atoms with Gasteiger partial charge >= 0.3 is 0 Å². The number of nitrogens with zero attached hydrogens (tertiary/aromatic N) is 2. The number of aryl methyl sites for hydroxylation is 2. The maximum atomic E-state index is 12.4. The molecule has 0 fully saturated rings. The second-order valence-electron chi connectivity index (χ2n) is 4.55. The van der Waals surface area contributed by atoms with Crippen LogP contribution in [0.15, 0.2) is 35.4 Å². The van der Waals surface area contributed by atoms with Crippen LogP contribution >= 0.6 is 11.6 Å². The van der Waals surface area contributed by atoms with E-state index in [1.807, 2.05) is 6.07 Å². The summed E-state index contributed by atoms with van der Waals surface area (Å²) in [7, 11) is -3.84. The predicted octanol–water partition coefficient (Wildman–Crippen LogP) is 3.02. The number of halogens is 1. The first-order chi connectivity index (χ1) is 9.83. The van der Waals surface area contributed by atoms with E-state index in [-0.39, 0.29) is 21.3 Å². The summed E-state index contributed by atoms with van der Waals surface area (Å²) in [4.78, 5) is 3.94. The third-order valence-electron chi connectivity index (χ3n) is 2.83. The highest BCUT2D eigenvalue weighted by molar-refractivity contribution is 7.92. The van der Waals surface area contributed by atoms with E-state index in [0.29, 0.717) is 5.56 Å². The maximum Gasteiger partial charge on any atom is 0.262 e. The molecule has 7 heteroatoms. The third-order valence-corrected chi connectivity index (χ3v) is 4.64. The minimum absolute atomic E-state index is 0.0409. The Balaban J connectivity index is 2.48. The minimum Gasteiger partial charge on any atom is -0.276 e. The molecule has 0 radical (unpaired) electrons. The topological polar surface area (TPSA) is 82.8 Å². The lowest BCUT2D eigenvalue weighted by atomic mass is 10.2. The van der Waals surface area contributed by atoms with Gasteiger partial charge in [-0.25, -0.2) is 13.4 Å². The molecule has 0 saturated heterocycles. The smallest absolute Gasteiger partial charge is 0.262 e. The maximum absolute atomic E-state index is 12.4. The summed E-state index contributed by atoms with van der Waals surface area (Å²) in [5, 5.41) is 8.96. The van der Waals surface area contributed by atoms with Gasteiger partial charge in [0.05, 0.1) is 22.2 Å². The van der Waals surface area contributed by atoms with Crippen molar-refractivity contribution in [2.24, 2.45) is 0 Å². The first kappa shape index (κ1) is 15.3. The molecule has 0 spiro atoms. The van der Waals surface area contributed by atoms with Crippen LogP contribution in [0.25, 0.3) is 0 Å². The molecule has 2 aromatic rings. The van der Waals surface area contributed by atoms with Gasteiger partial charge in [-0.05, 0) is 43.2 Å². The van der Waals surface area contributed by atoms with Gasteiger partial charge in [0.2, 0.25) is 0 Å². The zero-order valence-electron chi connectivity index (χ0n) is 11.4. The zero-order chi connectivity index (χ0) is 15.6. The van der Waals surface area contributed by atoms with Gasteiger partial charge in [-0.3, -0.25) is 4.72 Å². The van der Waals surface area contributed by atoms with Crippen molar-refractivity contribution < 1.29 is 8.42 Å². The highest BCUT2D eigenvalue weighted by Gasteiger charge is 2.19. The van der Waals surface area contributed by atoms with E-state index < -0.39 is 10.0 Å². The minimum atomic E-state index is -3.84. The molecule has 0 bridgehead atoms. The lowest BCUT2D eigenvalue weighted by Crippen LogP contribution is -2.15. The summed E-state index contributed by atoms with van der Waals surface area (Å²) in [6, 6.07) is 7.99. The van der Waals surface area contributed by atoms with E-state index in [4.69, 9.17) is 16.9 Å². The van der Waals surface area contributed by atoms with Gasteiger partial charge in [0, 0.05) is 6.20 Å². The Morgan fingerprint density at radius 1 is 1.29 bits per heavy atom. The third kappa shape index (κ3) is 3.32. The second kappa shape index (κ2) is 5.72. The largest absolute Gasteiger partial charge is 0.276 e. The Morgan fingerprint density at radius 3 is 2.67 bits per heavy atom. The Kier molecular flexibility index (Phi) is 4.16. The first-order valence-corrected chi connectivity index (χ1v) is 7.85. The van der Waals surface area contributed by atoms with Gasteiger partial charge in [-0.15, -0.1) is 0 Å². The number of nitrogens with one attached hydrogen (secondary N) is 1. The lowest BCUT2D eigenvalue weighted by Gasteiger charge is -2.12. The van der Waals surface area contributed by atoms with Crippen molar-refractivity contribution in [1.82, 2.24) is 4.98 Å². The fraction of sp³-hybridized carbons (Fsp3) is 0.143. The predicted molar refractivity (Wildman–Crippen MR) is 80.7 cm³/mol. The van der Waals surface area contributed by atoms with Crippen molar-refractivity contribution in [3.63, 3.8) is 0 Å². The van der Waals surface area contributed by atoms with E-state index in [0.717, 1.165) is 5.56 Å². The molecule has 0 atom stereocenters. The average Bonchev–Trinajstić information content (AvgIpc) is 2.43. The quantitative estimate of drug-likeness (QED) is 0.881. The van der Waals surface area contributed by atoms with Crippen molar-refractivity contribution in [3.8, 4) is 6.07 Å². The van der Waals surface area contributed by atoms with Crippen LogP contribution < -0.4 is 4.72 Å². The van der Waals surface area contributed by atoms with Crippen molar-refractivity contribution >= 4 is 27.3 Å². The molecule has 1 aromatic heterocycles. The molecule has 0 aliphatic heterocycles. The summed E-state index contributed by atoms with van der Waals surface area (Å²) >= 11 is 5.90. The number of sulfonamides is 1. The molecule has 2 rings (SSSR count).